The van der Waals surface area contributed by atoms with Crippen molar-refractivity contribution >= 4 is 22.5 Å². The number of nitrogens with one attached hydrogen (secondary N) is 1. The van der Waals surface area contributed by atoms with Crippen LogP contribution in [0.15, 0.2) is 67.0 Å². The number of rotatable bonds is 7. The number of pyridine rings is 2. The fourth-order valence-electron chi connectivity index (χ4n) is 3.70. The van der Waals surface area contributed by atoms with E-state index in [-0.39, 0.29) is 12.3 Å². The summed E-state index contributed by atoms with van der Waals surface area (Å²) in [4.78, 5) is 21.5. The van der Waals surface area contributed by atoms with Crippen molar-refractivity contribution in [1.82, 2.24) is 9.97 Å². The second-order valence-corrected chi connectivity index (χ2v) is 7.55. The van der Waals surface area contributed by atoms with Gasteiger partial charge in [-0.25, -0.2) is 0 Å². The van der Waals surface area contributed by atoms with Gasteiger partial charge in [0.2, 0.25) is 5.91 Å². The molecule has 0 atom stereocenters. The molecule has 0 saturated carbocycles. The molecule has 0 saturated heterocycles. The molecular weight excluding hydrogens is 402 g/mol. The van der Waals surface area contributed by atoms with Crippen LogP contribution in [0.25, 0.3) is 10.9 Å². The number of anilines is 1. The normalized spacial score (nSPS) is 10.7. The van der Waals surface area contributed by atoms with Gasteiger partial charge in [0, 0.05) is 35.2 Å². The molecule has 4 aromatic rings. The number of aryl methyl sites for hydroxylation is 2. The Morgan fingerprint density at radius 1 is 1.00 bits per heavy atom. The third kappa shape index (κ3) is 4.70. The van der Waals surface area contributed by atoms with Gasteiger partial charge in [-0.15, -0.1) is 0 Å². The van der Waals surface area contributed by atoms with E-state index < -0.39 is 0 Å². The van der Waals surface area contributed by atoms with Gasteiger partial charge in [-0.1, -0.05) is 18.2 Å². The van der Waals surface area contributed by atoms with Crippen molar-refractivity contribution in [2.75, 3.05) is 12.4 Å². The van der Waals surface area contributed by atoms with Crippen LogP contribution in [0.1, 0.15) is 22.4 Å². The van der Waals surface area contributed by atoms with Gasteiger partial charge in [0.15, 0.2) is 11.5 Å². The number of carbonyl (C=O) groups excluding carboxylic acids is 1. The van der Waals surface area contributed by atoms with Gasteiger partial charge in [0.1, 0.15) is 6.61 Å². The Hall–Kier alpha value is -3.93. The predicted octanol–water partition coefficient (Wildman–Crippen LogP) is 5.02. The van der Waals surface area contributed by atoms with E-state index in [0.717, 1.165) is 33.3 Å². The minimum absolute atomic E-state index is 0.112. The van der Waals surface area contributed by atoms with Crippen molar-refractivity contribution in [3.63, 3.8) is 0 Å². The van der Waals surface area contributed by atoms with Crippen LogP contribution in [0, 0.1) is 13.8 Å². The minimum atomic E-state index is -0.112. The first-order valence-corrected chi connectivity index (χ1v) is 10.4. The maximum absolute atomic E-state index is 12.8. The highest BCUT2D eigenvalue weighted by Crippen LogP contribution is 2.31. The first-order valence-electron chi connectivity index (χ1n) is 10.4. The van der Waals surface area contributed by atoms with Gasteiger partial charge in [-0.2, -0.15) is 0 Å². The van der Waals surface area contributed by atoms with Crippen LogP contribution in [0.4, 0.5) is 5.69 Å². The molecule has 4 rings (SSSR count). The van der Waals surface area contributed by atoms with Crippen molar-refractivity contribution in [1.29, 1.82) is 0 Å². The third-order valence-electron chi connectivity index (χ3n) is 5.41. The van der Waals surface area contributed by atoms with Crippen molar-refractivity contribution in [2.24, 2.45) is 0 Å². The summed E-state index contributed by atoms with van der Waals surface area (Å²) in [6.45, 7) is 4.36. The van der Waals surface area contributed by atoms with E-state index in [1.54, 1.807) is 37.7 Å². The summed E-state index contributed by atoms with van der Waals surface area (Å²) in [6.07, 6.45) is 3.69. The highest BCUT2D eigenvalue weighted by molar-refractivity contribution is 5.94. The fraction of sp³-hybridized carbons (Fsp3) is 0.192. The quantitative estimate of drug-likeness (QED) is 0.449. The van der Waals surface area contributed by atoms with Crippen LogP contribution in [0.3, 0.4) is 0 Å². The Kier molecular flexibility index (Phi) is 6.31. The van der Waals surface area contributed by atoms with E-state index in [9.17, 15) is 4.79 Å². The van der Waals surface area contributed by atoms with E-state index in [1.807, 2.05) is 50.2 Å². The summed E-state index contributed by atoms with van der Waals surface area (Å²) in [5.74, 6) is 1.04. The molecule has 162 valence electrons. The lowest BCUT2D eigenvalue weighted by Crippen LogP contribution is -2.16. The van der Waals surface area contributed by atoms with Crippen molar-refractivity contribution in [3.8, 4) is 11.5 Å². The second kappa shape index (κ2) is 9.47. The number of nitrogens with zero attached hydrogens (tertiary/aromatic N) is 2. The van der Waals surface area contributed by atoms with Crippen LogP contribution >= 0.6 is 0 Å². The highest BCUT2D eigenvalue weighted by Gasteiger charge is 2.14. The van der Waals surface area contributed by atoms with E-state index in [0.29, 0.717) is 23.8 Å². The lowest BCUT2D eigenvalue weighted by molar-refractivity contribution is -0.115. The number of para-hydroxylation sites is 1. The van der Waals surface area contributed by atoms with Gasteiger partial charge in [-0.05, 0) is 60.9 Å². The number of benzene rings is 2. The molecule has 0 bridgehead atoms. The predicted molar refractivity (Wildman–Crippen MR) is 125 cm³/mol. The van der Waals surface area contributed by atoms with Crippen LogP contribution in [-0.4, -0.2) is 23.0 Å². The second-order valence-electron chi connectivity index (χ2n) is 7.55. The Morgan fingerprint density at radius 3 is 2.56 bits per heavy atom. The van der Waals surface area contributed by atoms with Crippen molar-refractivity contribution in [2.45, 2.75) is 26.9 Å². The smallest absolute Gasteiger partial charge is 0.228 e. The molecule has 0 aliphatic rings. The number of ether oxygens (including phenoxy) is 2. The molecular formula is C26H25N3O3. The summed E-state index contributed by atoms with van der Waals surface area (Å²) < 4.78 is 11.3. The molecule has 0 radical (unpaired) electrons. The van der Waals surface area contributed by atoms with E-state index in [1.165, 1.54) is 0 Å². The molecule has 0 aliphatic carbocycles. The molecule has 32 heavy (non-hydrogen) atoms. The van der Waals surface area contributed by atoms with Gasteiger partial charge in [0.05, 0.1) is 19.0 Å². The standard InChI is InChI=1S/C26H25N3O3/c1-17-21-6-4-5-7-23(21)28-18(2)22(17)15-26(30)29-20-8-9-24(31-3)25(14-20)32-16-19-10-12-27-13-11-19/h4-14H,15-16H2,1-3H3,(H,29,30). The maximum atomic E-state index is 12.8. The van der Waals surface area contributed by atoms with Crippen LogP contribution in [-0.2, 0) is 17.8 Å². The largest absolute Gasteiger partial charge is 0.493 e. The van der Waals surface area contributed by atoms with Crippen molar-refractivity contribution in [3.05, 3.63) is 89.4 Å². The fourth-order valence-corrected chi connectivity index (χ4v) is 3.70. The molecule has 0 fully saturated rings. The number of carbonyl (C=O) groups is 1. The molecule has 6 nitrogen and oxygen atoms in total. The number of aromatic nitrogens is 2. The zero-order chi connectivity index (χ0) is 22.5. The maximum Gasteiger partial charge on any atom is 0.228 e. The highest BCUT2D eigenvalue weighted by atomic mass is 16.5. The summed E-state index contributed by atoms with van der Waals surface area (Å²) in [6, 6.07) is 17.1. The van der Waals surface area contributed by atoms with Crippen LogP contribution < -0.4 is 14.8 Å². The molecule has 6 heteroatoms. The lowest BCUT2D eigenvalue weighted by Gasteiger charge is -2.14. The van der Waals surface area contributed by atoms with Crippen molar-refractivity contribution < 1.29 is 14.3 Å². The summed E-state index contributed by atoms with van der Waals surface area (Å²) in [5, 5.41) is 4.04. The van der Waals surface area contributed by atoms with E-state index in [2.05, 4.69) is 15.3 Å². The Morgan fingerprint density at radius 2 is 1.78 bits per heavy atom. The minimum Gasteiger partial charge on any atom is -0.493 e. The number of hydrogen-bond acceptors (Lipinski definition) is 5. The summed E-state index contributed by atoms with van der Waals surface area (Å²) in [7, 11) is 1.59. The monoisotopic (exact) mass is 427 g/mol. The van der Waals surface area contributed by atoms with Gasteiger partial charge in [-0.3, -0.25) is 14.8 Å². The zero-order valence-electron chi connectivity index (χ0n) is 18.4. The Labute approximate surface area is 187 Å². The van der Waals surface area contributed by atoms with Gasteiger partial charge in [0.25, 0.3) is 0 Å². The number of amides is 1. The van der Waals surface area contributed by atoms with Crippen LogP contribution in [0.2, 0.25) is 0 Å². The molecule has 2 aromatic carbocycles. The zero-order valence-corrected chi connectivity index (χ0v) is 18.4. The average Bonchev–Trinajstić information content (AvgIpc) is 2.81. The SMILES string of the molecule is COc1ccc(NC(=O)Cc2c(C)nc3ccccc3c2C)cc1OCc1ccncc1. The topological polar surface area (TPSA) is 73.3 Å². The Bertz CT molecular complexity index is 1260. The molecule has 1 amide bonds. The first-order chi connectivity index (χ1) is 15.5. The van der Waals surface area contributed by atoms with Gasteiger partial charge >= 0.3 is 0 Å². The first kappa shape index (κ1) is 21.3. The third-order valence-corrected chi connectivity index (χ3v) is 5.41. The lowest BCUT2D eigenvalue weighted by atomic mass is 9.99. The summed E-state index contributed by atoms with van der Waals surface area (Å²) >= 11 is 0. The van der Waals surface area contributed by atoms with Gasteiger partial charge < -0.3 is 14.8 Å². The Balaban J connectivity index is 1.50. The molecule has 1 N–H and O–H groups in total. The number of fused-ring (bicyclic) bond motifs is 1. The molecule has 0 aliphatic heterocycles. The molecule has 0 spiro atoms. The van der Waals surface area contributed by atoms with E-state index in [4.69, 9.17) is 9.47 Å². The molecule has 2 heterocycles. The average molecular weight is 428 g/mol. The molecule has 0 unspecified atom stereocenters. The van der Waals surface area contributed by atoms with Crippen LogP contribution in [0.5, 0.6) is 11.5 Å². The molecule has 2 aromatic heterocycles. The van der Waals surface area contributed by atoms with E-state index >= 15 is 0 Å². The number of methoxy groups -OCH3 is 1. The number of hydrogen-bond donors (Lipinski definition) is 1. The summed E-state index contributed by atoms with van der Waals surface area (Å²) in [5.41, 5.74) is 5.48.